The zero-order chi connectivity index (χ0) is 9.52. The summed E-state index contributed by atoms with van der Waals surface area (Å²) in [4.78, 5) is 21.1. The van der Waals surface area contributed by atoms with Gasteiger partial charge in [0.25, 0.3) is 0 Å². The topological polar surface area (TPSA) is 74.6 Å². The number of carbonyl (C=O) groups is 2. The van der Waals surface area contributed by atoms with Crippen LogP contribution in [-0.2, 0) is 9.59 Å². The number of alkyl halides is 2. The molecule has 1 aliphatic carbocycles. The molecule has 2 unspecified atom stereocenters. The predicted octanol–water partition coefficient (Wildman–Crippen LogP) is 0.930. The second kappa shape index (κ2) is 2.99. The maximum atomic E-state index is 10.5. The van der Waals surface area contributed by atoms with Gasteiger partial charge in [0.2, 0.25) is 0 Å². The van der Waals surface area contributed by atoms with Crippen molar-refractivity contribution >= 4 is 43.8 Å². The van der Waals surface area contributed by atoms with Crippen LogP contribution in [0.15, 0.2) is 0 Å². The van der Waals surface area contributed by atoms with E-state index in [-0.39, 0.29) is 0 Å². The molecular weight excluding hydrogens is 296 g/mol. The Morgan fingerprint density at radius 3 is 1.67 bits per heavy atom. The summed E-state index contributed by atoms with van der Waals surface area (Å²) in [5.74, 6) is -3.79. The van der Waals surface area contributed by atoms with Crippen LogP contribution in [0.2, 0.25) is 0 Å². The number of halogens is 2. The van der Waals surface area contributed by atoms with E-state index in [1.807, 2.05) is 0 Å². The number of aliphatic carboxylic acids is 2. The molecule has 1 aliphatic rings. The standard InChI is InChI=1S/C6H6Br2O4/c7-1-6(8)2(4(9)10)3(6)5(11)12/h2-3H,1H2,(H,9,10)(H,11,12)/t2-,3?,6?/m0/s1. The van der Waals surface area contributed by atoms with Crippen LogP contribution in [0.5, 0.6) is 0 Å². The Balaban J connectivity index is 2.81. The monoisotopic (exact) mass is 300 g/mol. The van der Waals surface area contributed by atoms with Gasteiger partial charge >= 0.3 is 11.9 Å². The van der Waals surface area contributed by atoms with Crippen molar-refractivity contribution in [3.63, 3.8) is 0 Å². The fraction of sp³-hybridized carbons (Fsp3) is 0.667. The van der Waals surface area contributed by atoms with Crippen molar-refractivity contribution in [1.82, 2.24) is 0 Å². The van der Waals surface area contributed by atoms with E-state index in [9.17, 15) is 9.59 Å². The largest absolute Gasteiger partial charge is 0.481 e. The molecule has 2 N–H and O–H groups in total. The van der Waals surface area contributed by atoms with Gasteiger partial charge in [-0.05, 0) is 0 Å². The number of carboxylic acid groups (broad SMARTS) is 2. The number of rotatable bonds is 3. The Labute approximate surface area is 85.2 Å². The Kier molecular flexibility index (Phi) is 2.49. The van der Waals surface area contributed by atoms with Crippen molar-refractivity contribution < 1.29 is 19.8 Å². The van der Waals surface area contributed by atoms with E-state index in [0.717, 1.165) is 0 Å². The molecule has 68 valence electrons. The van der Waals surface area contributed by atoms with Crippen molar-refractivity contribution in [2.24, 2.45) is 11.8 Å². The summed E-state index contributed by atoms with van der Waals surface area (Å²) in [6.07, 6.45) is 0. The van der Waals surface area contributed by atoms with Gasteiger partial charge in [-0.1, -0.05) is 31.9 Å². The molecule has 0 aliphatic heterocycles. The molecule has 4 nitrogen and oxygen atoms in total. The van der Waals surface area contributed by atoms with Crippen molar-refractivity contribution in [3.8, 4) is 0 Å². The fourth-order valence-corrected chi connectivity index (χ4v) is 2.76. The van der Waals surface area contributed by atoms with E-state index >= 15 is 0 Å². The van der Waals surface area contributed by atoms with Crippen LogP contribution in [0.4, 0.5) is 0 Å². The van der Waals surface area contributed by atoms with Crippen LogP contribution >= 0.6 is 31.9 Å². The molecule has 0 aromatic carbocycles. The highest BCUT2D eigenvalue weighted by molar-refractivity contribution is 9.12. The van der Waals surface area contributed by atoms with Crippen LogP contribution in [0.25, 0.3) is 0 Å². The van der Waals surface area contributed by atoms with E-state index in [4.69, 9.17) is 10.2 Å². The van der Waals surface area contributed by atoms with Gasteiger partial charge in [0.15, 0.2) is 0 Å². The molecule has 0 aromatic rings. The SMILES string of the molecule is O=C(O)C1[C@@H](C(=O)O)C1(Br)CBr. The third-order valence-corrected chi connectivity index (χ3v) is 4.94. The summed E-state index contributed by atoms with van der Waals surface area (Å²) in [5.41, 5.74) is 0. The third kappa shape index (κ3) is 1.26. The molecule has 0 amide bonds. The van der Waals surface area contributed by atoms with E-state index < -0.39 is 28.1 Å². The molecular formula is C6H6Br2O4. The van der Waals surface area contributed by atoms with Crippen molar-refractivity contribution in [3.05, 3.63) is 0 Å². The average Bonchev–Trinajstić information content (AvgIpc) is 2.58. The van der Waals surface area contributed by atoms with Crippen LogP contribution in [0, 0.1) is 11.8 Å². The molecule has 0 heterocycles. The van der Waals surface area contributed by atoms with Crippen molar-refractivity contribution in [2.75, 3.05) is 5.33 Å². The molecule has 0 radical (unpaired) electrons. The molecule has 0 aromatic heterocycles. The normalized spacial score (nSPS) is 39.2. The van der Waals surface area contributed by atoms with Gasteiger partial charge < -0.3 is 10.2 Å². The van der Waals surface area contributed by atoms with Crippen LogP contribution in [0.1, 0.15) is 0 Å². The maximum Gasteiger partial charge on any atom is 0.308 e. The Bertz CT molecular complexity index is 220. The molecule has 1 fully saturated rings. The molecule has 0 spiro atoms. The van der Waals surface area contributed by atoms with Crippen LogP contribution < -0.4 is 0 Å². The average molecular weight is 302 g/mol. The molecule has 0 saturated heterocycles. The smallest absolute Gasteiger partial charge is 0.308 e. The lowest BCUT2D eigenvalue weighted by Gasteiger charge is -1.99. The quantitative estimate of drug-likeness (QED) is 0.761. The lowest BCUT2D eigenvalue weighted by Crippen LogP contribution is -2.11. The van der Waals surface area contributed by atoms with Crippen LogP contribution in [0.3, 0.4) is 0 Å². The summed E-state index contributed by atoms with van der Waals surface area (Å²) in [6, 6.07) is 0. The number of hydrogen-bond donors (Lipinski definition) is 2. The van der Waals surface area contributed by atoms with E-state index in [2.05, 4.69) is 31.9 Å². The Hall–Kier alpha value is -0.100. The molecule has 6 heteroatoms. The Morgan fingerprint density at radius 1 is 1.25 bits per heavy atom. The first-order chi connectivity index (χ1) is 5.45. The van der Waals surface area contributed by atoms with E-state index in [1.54, 1.807) is 0 Å². The van der Waals surface area contributed by atoms with E-state index in [0.29, 0.717) is 5.33 Å². The lowest BCUT2D eigenvalue weighted by atomic mass is 10.3. The van der Waals surface area contributed by atoms with Gasteiger partial charge in [-0.15, -0.1) is 0 Å². The molecule has 1 rings (SSSR count). The van der Waals surface area contributed by atoms with Gasteiger partial charge in [0.05, 0.1) is 16.2 Å². The second-order valence-electron chi connectivity index (χ2n) is 2.69. The van der Waals surface area contributed by atoms with E-state index in [1.165, 1.54) is 0 Å². The first-order valence-electron chi connectivity index (χ1n) is 3.15. The van der Waals surface area contributed by atoms with Gasteiger partial charge in [-0.2, -0.15) is 0 Å². The summed E-state index contributed by atoms with van der Waals surface area (Å²) in [6.45, 7) is 0. The number of carboxylic acids is 2. The summed E-state index contributed by atoms with van der Waals surface area (Å²) >= 11 is 6.19. The molecule has 0 bridgehead atoms. The third-order valence-electron chi connectivity index (χ3n) is 2.00. The predicted molar refractivity (Wildman–Crippen MR) is 47.7 cm³/mol. The highest BCUT2D eigenvalue weighted by atomic mass is 79.9. The van der Waals surface area contributed by atoms with Crippen molar-refractivity contribution in [1.29, 1.82) is 0 Å². The highest BCUT2D eigenvalue weighted by Gasteiger charge is 2.70. The second-order valence-corrected chi connectivity index (χ2v) is 4.73. The highest BCUT2D eigenvalue weighted by Crippen LogP contribution is 2.58. The Morgan fingerprint density at radius 2 is 1.58 bits per heavy atom. The van der Waals surface area contributed by atoms with Gasteiger partial charge in [-0.25, -0.2) is 0 Å². The first kappa shape index (κ1) is 9.98. The minimum absolute atomic E-state index is 0.327. The minimum Gasteiger partial charge on any atom is -0.481 e. The molecule has 12 heavy (non-hydrogen) atoms. The van der Waals surface area contributed by atoms with Gasteiger partial charge in [0.1, 0.15) is 0 Å². The first-order valence-corrected chi connectivity index (χ1v) is 5.07. The zero-order valence-corrected chi connectivity index (χ0v) is 9.00. The number of hydrogen-bond acceptors (Lipinski definition) is 2. The fourth-order valence-electron chi connectivity index (χ4n) is 1.27. The molecule has 1 saturated carbocycles. The molecule has 3 atom stereocenters. The van der Waals surface area contributed by atoms with Crippen molar-refractivity contribution in [2.45, 2.75) is 4.32 Å². The van der Waals surface area contributed by atoms with Gasteiger partial charge in [-0.3, -0.25) is 9.59 Å². The lowest BCUT2D eigenvalue weighted by molar-refractivity contribution is -0.144. The summed E-state index contributed by atoms with van der Waals surface area (Å²) < 4.78 is -0.801. The van der Waals surface area contributed by atoms with Gasteiger partial charge in [0, 0.05) is 5.33 Å². The maximum absolute atomic E-state index is 10.5. The summed E-state index contributed by atoms with van der Waals surface area (Å²) in [5, 5.41) is 17.6. The zero-order valence-electron chi connectivity index (χ0n) is 5.83. The van der Waals surface area contributed by atoms with Crippen LogP contribution in [-0.4, -0.2) is 31.8 Å². The summed E-state index contributed by atoms with van der Waals surface area (Å²) in [7, 11) is 0. The minimum atomic E-state index is -1.07.